The quantitative estimate of drug-likeness (QED) is 0.786. The molecule has 0 unspecified atom stereocenters. The Kier molecular flexibility index (Phi) is 4.62. The molecule has 19 heavy (non-hydrogen) atoms. The van der Waals surface area contributed by atoms with Crippen LogP contribution in [0.2, 0.25) is 0 Å². The molecule has 0 saturated heterocycles. The Labute approximate surface area is 130 Å². The zero-order valence-corrected chi connectivity index (χ0v) is 14.1. The maximum absolute atomic E-state index is 12.1. The number of hydrogen-bond acceptors (Lipinski definition) is 4. The molecule has 5 nitrogen and oxygen atoms in total. The van der Waals surface area contributed by atoms with E-state index in [9.17, 15) is 13.2 Å². The Morgan fingerprint density at radius 2 is 2.05 bits per heavy atom. The summed E-state index contributed by atoms with van der Waals surface area (Å²) in [7, 11) is -3.65. The van der Waals surface area contributed by atoms with E-state index in [1.165, 1.54) is 6.07 Å². The Morgan fingerprint density at radius 3 is 2.68 bits per heavy atom. The molecule has 0 bridgehead atoms. The van der Waals surface area contributed by atoms with E-state index >= 15 is 0 Å². The number of thiazole rings is 1. The largest absolute Gasteiger partial charge is 0.315 e. The Bertz CT molecular complexity index is 752. The number of rotatable bonds is 4. The topological polar surface area (TPSA) is 79.0 Å². The monoisotopic (exact) mass is 426 g/mol. The minimum atomic E-state index is -3.65. The first-order chi connectivity index (χ1) is 8.88. The molecule has 1 aromatic heterocycles. The number of H-pyrrole nitrogens is 1. The molecule has 0 aliphatic rings. The highest BCUT2D eigenvalue weighted by Crippen LogP contribution is 2.25. The average Bonchev–Trinajstić information content (AvgIpc) is 2.76. The van der Waals surface area contributed by atoms with E-state index in [4.69, 9.17) is 0 Å². The molecule has 1 heterocycles. The normalized spacial score (nSPS) is 11.7. The van der Waals surface area contributed by atoms with Gasteiger partial charge in [-0.2, -0.15) is 0 Å². The number of benzene rings is 1. The van der Waals surface area contributed by atoms with Gasteiger partial charge in [-0.05, 0) is 34.1 Å². The Hall–Kier alpha value is -0.480. The summed E-state index contributed by atoms with van der Waals surface area (Å²) in [6.07, 6.45) is 0. The molecule has 0 saturated carbocycles. The van der Waals surface area contributed by atoms with Crippen LogP contribution in [0.15, 0.2) is 42.2 Å². The van der Waals surface area contributed by atoms with Crippen molar-refractivity contribution in [3.8, 4) is 0 Å². The van der Waals surface area contributed by atoms with Crippen LogP contribution in [0.25, 0.3) is 0 Å². The third kappa shape index (κ3) is 3.76. The van der Waals surface area contributed by atoms with E-state index in [-0.39, 0.29) is 16.3 Å². The standard InChI is InChI=1S/C10H8Br2N2O3S2/c11-6-1-2-8(12)9(3-6)19(16,17)13-4-7-5-18-10(15)14-7/h1-3,5,13H,4H2,(H,14,15). The third-order valence-electron chi connectivity index (χ3n) is 2.21. The lowest BCUT2D eigenvalue weighted by Gasteiger charge is -2.08. The first kappa shape index (κ1) is 14.9. The minimum Gasteiger partial charge on any atom is -0.315 e. The van der Waals surface area contributed by atoms with Crippen molar-refractivity contribution in [3.05, 3.63) is 47.9 Å². The maximum atomic E-state index is 12.1. The zero-order chi connectivity index (χ0) is 14.0. The number of sulfonamides is 1. The third-order valence-corrected chi connectivity index (χ3v) is 5.81. The van der Waals surface area contributed by atoms with E-state index in [1.54, 1.807) is 17.5 Å². The van der Waals surface area contributed by atoms with Crippen LogP contribution >= 0.6 is 43.2 Å². The molecule has 102 valence electrons. The van der Waals surface area contributed by atoms with Crippen LogP contribution < -0.4 is 9.60 Å². The number of halogens is 2. The summed E-state index contributed by atoms with van der Waals surface area (Å²) in [4.78, 5) is 13.4. The lowest BCUT2D eigenvalue weighted by Crippen LogP contribution is -2.24. The molecular weight excluding hydrogens is 420 g/mol. The molecule has 1 aromatic carbocycles. The van der Waals surface area contributed by atoms with E-state index < -0.39 is 10.0 Å². The van der Waals surface area contributed by atoms with Crippen LogP contribution in [-0.4, -0.2) is 13.4 Å². The second-order valence-electron chi connectivity index (χ2n) is 3.57. The van der Waals surface area contributed by atoms with Crippen LogP contribution in [-0.2, 0) is 16.6 Å². The molecule has 0 aliphatic heterocycles. The molecule has 2 N–H and O–H groups in total. The van der Waals surface area contributed by atoms with Gasteiger partial charge in [-0.3, -0.25) is 4.79 Å². The first-order valence-electron chi connectivity index (χ1n) is 5.00. The van der Waals surface area contributed by atoms with Crippen molar-refractivity contribution in [2.24, 2.45) is 0 Å². The number of nitrogens with one attached hydrogen (secondary N) is 2. The molecule has 0 atom stereocenters. The van der Waals surface area contributed by atoms with Gasteiger partial charge in [0.1, 0.15) is 0 Å². The number of hydrogen-bond donors (Lipinski definition) is 2. The first-order valence-corrected chi connectivity index (χ1v) is 8.95. The number of aromatic amines is 1. The summed E-state index contributed by atoms with van der Waals surface area (Å²) in [5.41, 5.74) is 0.532. The van der Waals surface area contributed by atoms with Gasteiger partial charge in [0.15, 0.2) is 0 Å². The Balaban J connectivity index is 2.23. The van der Waals surface area contributed by atoms with Gasteiger partial charge in [0.05, 0.1) is 11.4 Å². The van der Waals surface area contributed by atoms with Crippen molar-refractivity contribution in [3.63, 3.8) is 0 Å². The van der Waals surface area contributed by atoms with Crippen LogP contribution in [0, 0.1) is 0 Å². The molecule has 0 fully saturated rings. The fraction of sp³-hybridized carbons (Fsp3) is 0.100. The van der Waals surface area contributed by atoms with Gasteiger partial charge in [-0.25, -0.2) is 13.1 Å². The van der Waals surface area contributed by atoms with Gasteiger partial charge in [0.2, 0.25) is 10.0 Å². The molecule has 2 aromatic rings. The van der Waals surface area contributed by atoms with Crippen molar-refractivity contribution in [2.75, 3.05) is 0 Å². The van der Waals surface area contributed by atoms with E-state index in [0.29, 0.717) is 14.6 Å². The molecule has 0 spiro atoms. The zero-order valence-electron chi connectivity index (χ0n) is 9.31. The van der Waals surface area contributed by atoms with Gasteiger partial charge < -0.3 is 4.98 Å². The molecule has 9 heteroatoms. The molecule has 0 aliphatic carbocycles. The van der Waals surface area contributed by atoms with E-state index in [1.807, 2.05) is 0 Å². The summed E-state index contributed by atoms with van der Waals surface area (Å²) in [6, 6.07) is 4.88. The van der Waals surface area contributed by atoms with Gasteiger partial charge >= 0.3 is 4.87 Å². The fourth-order valence-corrected chi connectivity index (χ4v) is 4.42. The van der Waals surface area contributed by atoms with Crippen molar-refractivity contribution in [2.45, 2.75) is 11.4 Å². The highest BCUT2D eigenvalue weighted by atomic mass is 79.9. The summed E-state index contributed by atoms with van der Waals surface area (Å²) in [5.74, 6) is 0. The summed E-state index contributed by atoms with van der Waals surface area (Å²) in [6.45, 7) is 0.0417. The number of aromatic nitrogens is 1. The van der Waals surface area contributed by atoms with Gasteiger partial charge in [0.25, 0.3) is 0 Å². The van der Waals surface area contributed by atoms with E-state index in [2.05, 4.69) is 41.6 Å². The smallest absolute Gasteiger partial charge is 0.304 e. The highest BCUT2D eigenvalue weighted by molar-refractivity contribution is 9.11. The fourth-order valence-electron chi connectivity index (χ4n) is 1.33. The van der Waals surface area contributed by atoms with Crippen LogP contribution in [0.1, 0.15) is 5.69 Å². The molecular formula is C10H8Br2N2O3S2. The molecule has 0 radical (unpaired) electrons. The maximum Gasteiger partial charge on any atom is 0.304 e. The van der Waals surface area contributed by atoms with Crippen molar-refractivity contribution < 1.29 is 8.42 Å². The lowest BCUT2D eigenvalue weighted by atomic mass is 10.4. The predicted molar refractivity (Wildman–Crippen MR) is 80.8 cm³/mol. The lowest BCUT2D eigenvalue weighted by molar-refractivity contribution is 0.580. The summed E-state index contributed by atoms with van der Waals surface area (Å²) >= 11 is 7.42. The van der Waals surface area contributed by atoms with Crippen LogP contribution in [0.4, 0.5) is 0 Å². The second kappa shape index (κ2) is 5.88. The minimum absolute atomic E-state index is 0.0417. The predicted octanol–water partition coefficient (Wildman–Crippen LogP) is 2.44. The Morgan fingerprint density at radius 1 is 1.32 bits per heavy atom. The highest BCUT2D eigenvalue weighted by Gasteiger charge is 2.18. The molecule has 0 amide bonds. The average molecular weight is 428 g/mol. The van der Waals surface area contributed by atoms with Crippen molar-refractivity contribution >= 4 is 53.2 Å². The molecule has 2 rings (SSSR count). The summed E-state index contributed by atoms with van der Waals surface area (Å²) < 4.78 is 27.8. The van der Waals surface area contributed by atoms with Gasteiger partial charge in [-0.15, -0.1) is 0 Å². The van der Waals surface area contributed by atoms with Crippen molar-refractivity contribution in [1.29, 1.82) is 0 Å². The second-order valence-corrected chi connectivity index (χ2v) is 7.92. The van der Waals surface area contributed by atoms with Gasteiger partial charge in [-0.1, -0.05) is 27.3 Å². The van der Waals surface area contributed by atoms with Gasteiger partial charge in [0, 0.05) is 20.0 Å². The van der Waals surface area contributed by atoms with Crippen LogP contribution in [0.3, 0.4) is 0 Å². The summed E-state index contributed by atoms with van der Waals surface area (Å²) in [5, 5.41) is 1.58. The van der Waals surface area contributed by atoms with E-state index in [0.717, 1.165) is 11.3 Å². The SMILES string of the molecule is O=c1[nH]c(CNS(=O)(=O)c2cc(Br)ccc2Br)cs1. The van der Waals surface area contributed by atoms with Crippen LogP contribution in [0.5, 0.6) is 0 Å². The van der Waals surface area contributed by atoms with Crippen molar-refractivity contribution in [1.82, 2.24) is 9.71 Å².